The number of aryl methyl sites for hydroxylation is 1. The number of methoxy groups -OCH3 is 1. The van der Waals surface area contributed by atoms with Crippen LogP contribution in [0.25, 0.3) is 10.9 Å². The summed E-state index contributed by atoms with van der Waals surface area (Å²) in [7, 11) is 1.61. The van der Waals surface area contributed by atoms with E-state index in [9.17, 15) is 0 Å². The summed E-state index contributed by atoms with van der Waals surface area (Å²) in [5, 5.41) is 10.8. The van der Waals surface area contributed by atoms with E-state index in [2.05, 4.69) is 6.20 Å². The second-order valence-electron chi connectivity index (χ2n) is 4.47. The molecule has 0 saturated carbocycles. The topological polar surface area (TPSA) is 60.4 Å². The number of nitrogens with two attached hydrogens (primary N) is 1. The van der Waals surface area contributed by atoms with Gasteiger partial charge in [0.05, 0.1) is 24.3 Å². The number of aromatic nitrogens is 1. The second-order valence-corrected chi connectivity index (χ2v) is 4.87. The van der Waals surface area contributed by atoms with Gasteiger partial charge in [0.1, 0.15) is 5.75 Å². The Bertz CT molecular complexity index is 566. The van der Waals surface area contributed by atoms with Crippen molar-refractivity contribution in [2.75, 3.05) is 20.3 Å². The van der Waals surface area contributed by atoms with Gasteiger partial charge in [-0.1, -0.05) is 11.6 Å². The Hall–Kier alpha value is -1.23. The summed E-state index contributed by atoms with van der Waals surface area (Å²) >= 11 is 6.17. The standard InChI is InChI=1S/C14H19ClN2O2/c1-19-14-7-11-10(3-2-4-16)9-17(5-6-18)13(11)8-12(14)15/h7-9,18H,2-6,16H2,1H3. The van der Waals surface area contributed by atoms with Crippen LogP contribution in [0.5, 0.6) is 5.75 Å². The van der Waals surface area contributed by atoms with Crippen LogP contribution in [-0.4, -0.2) is 29.9 Å². The maximum absolute atomic E-state index is 9.14. The van der Waals surface area contributed by atoms with E-state index in [-0.39, 0.29) is 6.61 Å². The highest BCUT2D eigenvalue weighted by Gasteiger charge is 2.12. The van der Waals surface area contributed by atoms with E-state index in [1.807, 2.05) is 16.7 Å². The maximum Gasteiger partial charge on any atom is 0.138 e. The lowest BCUT2D eigenvalue weighted by atomic mass is 10.1. The molecule has 0 amide bonds. The minimum Gasteiger partial charge on any atom is -0.495 e. The van der Waals surface area contributed by atoms with Crippen LogP contribution in [0.4, 0.5) is 0 Å². The molecule has 0 atom stereocenters. The lowest BCUT2D eigenvalue weighted by Crippen LogP contribution is -2.01. The lowest BCUT2D eigenvalue weighted by molar-refractivity contribution is 0.278. The maximum atomic E-state index is 9.14. The molecule has 5 heteroatoms. The van der Waals surface area contributed by atoms with Gasteiger partial charge >= 0.3 is 0 Å². The van der Waals surface area contributed by atoms with Crippen LogP contribution in [-0.2, 0) is 13.0 Å². The molecule has 2 rings (SSSR count). The van der Waals surface area contributed by atoms with E-state index in [0.29, 0.717) is 23.9 Å². The molecule has 1 aromatic carbocycles. The summed E-state index contributed by atoms with van der Waals surface area (Å²) in [6.07, 6.45) is 3.91. The number of hydrogen-bond donors (Lipinski definition) is 2. The molecular formula is C14H19ClN2O2. The minimum atomic E-state index is 0.101. The molecule has 0 aliphatic carbocycles. The number of hydrogen-bond acceptors (Lipinski definition) is 3. The second kappa shape index (κ2) is 6.28. The fraction of sp³-hybridized carbons (Fsp3) is 0.429. The van der Waals surface area contributed by atoms with E-state index in [1.165, 1.54) is 5.56 Å². The molecule has 0 bridgehead atoms. The Balaban J connectivity index is 2.54. The summed E-state index contributed by atoms with van der Waals surface area (Å²) in [6.45, 7) is 1.32. The van der Waals surface area contributed by atoms with Crippen LogP contribution in [0.1, 0.15) is 12.0 Å². The SMILES string of the molecule is COc1cc2c(CCCN)cn(CCO)c2cc1Cl. The van der Waals surface area contributed by atoms with Gasteiger partial charge in [0, 0.05) is 18.1 Å². The summed E-state index contributed by atoms with van der Waals surface area (Å²) < 4.78 is 7.29. The van der Waals surface area contributed by atoms with E-state index < -0.39 is 0 Å². The highest BCUT2D eigenvalue weighted by molar-refractivity contribution is 6.32. The molecule has 0 spiro atoms. The Kier molecular flexibility index (Phi) is 4.69. The number of fused-ring (bicyclic) bond motifs is 1. The molecule has 0 radical (unpaired) electrons. The van der Waals surface area contributed by atoms with Gasteiger partial charge in [-0.15, -0.1) is 0 Å². The molecule has 0 aliphatic heterocycles. The molecule has 0 fully saturated rings. The molecule has 0 aliphatic rings. The third kappa shape index (κ3) is 2.86. The first-order valence-electron chi connectivity index (χ1n) is 6.37. The molecule has 3 N–H and O–H groups in total. The number of aliphatic hydroxyl groups excluding tert-OH is 1. The first-order valence-corrected chi connectivity index (χ1v) is 6.75. The summed E-state index contributed by atoms with van der Waals surface area (Å²) in [5.74, 6) is 0.671. The fourth-order valence-corrected chi connectivity index (χ4v) is 2.54. The van der Waals surface area contributed by atoms with E-state index in [4.69, 9.17) is 27.2 Å². The van der Waals surface area contributed by atoms with Gasteiger partial charge in [-0.3, -0.25) is 0 Å². The zero-order chi connectivity index (χ0) is 13.8. The lowest BCUT2D eigenvalue weighted by Gasteiger charge is -2.06. The first kappa shape index (κ1) is 14.2. The molecule has 0 unspecified atom stereocenters. The molecule has 0 saturated heterocycles. The molecule has 4 nitrogen and oxygen atoms in total. The molecule has 19 heavy (non-hydrogen) atoms. The largest absolute Gasteiger partial charge is 0.495 e. The number of benzene rings is 1. The van der Waals surface area contributed by atoms with Crippen molar-refractivity contribution in [1.29, 1.82) is 0 Å². The highest BCUT2D eigenvalue weighted by atomic mass is 35.5. The van der Waals surface area contributed by atoms with Crippen LogP contribution in [0.2, 0.25) is 5.02 Å². The Morgan fingerprint density at radius 2 is 2.21 bits per heavy atom. The van der Waals surface area contributed by atoms with Gasteiger partial charge in [-0.25, -0.2) is 0 Å². The number of rotatable bonds is 6. The Labute approximate surface area is 117 Å². The van der Waals surface area contributed by atoms with Crippen LogP contribution in [0.3, 0.4) is 0 Å². The van der Waals surface area contributed by atoms with Crippen molar-refractivity contribution in [3.05, 3.63) is 28.9 Å². The van der Waals surface area contributed by atoms with Crippen molar-refractivity contribution >= 4 is 22.5 Å². The smallest absolute Gasteiger partial charge is 0.138 e. The molecule has 1 heterocycles. The van der Waals surface area contributed by atoms with Gasteiger partial charge in [0.15, 0.2) is 0 Å². The van der Waals surface area contributed by atoms with Gasteiger partial charge < -0.3 is 20.1 Å². The van der Waals surface area contributed by atoms with Gasteiger partial charge in [-0.05, 0) is 37.1 Å². The van der Waals surface area contributed by atoms with Crippen molar-refractivity contribution in [2.45, 2.75) is 19.4 Å². The molecular weight excluding hydrogens is 264 g/mol. The molecule has 1 aromatic heterocycles. The van der Waals surface area contributed by atoms with Crippen molar-refractivity contribution in [3.63, 3.8) is 0 Å². The van der Waals surface area contributed by atoms with Crippen LogP contribution in [0, 0.1) is 0 Å². The average Bonchev–Trinajstić information content (AvgIpc) is 2.73. The Morgan fingerprint density at radius 1 is 1.42 bits per heavy atom. The van der Waals surface area contributed by atoms with E-state index >= 15 is 0 Å². The van der Waals surface area contributed by atoms with E-state index in [1.54, 1.807) is 7.11 Å². The monoisotopic (exact) mass is 282 g/mol. The van der Waals surface area contributed by atoms with Crippen LogP contribution < -0.4 is 10.5 Å². The van der Waals surface area contributed by atoms with Gasteiger partial charge in [-0.2, -0.15) is 0 Å². The fourth-order valence-electron chi connectivity index (χ4n) is 2.31. The van der Waals surface area contributed by atoms with Crippen LogP contribution in [0.15, 0.2) is 18.3 Å². The normalized spacial score (nSPS) is 11.2. The zero-order valence-electron chi connectivity index (χ0n) is 11.0. The highest BCUT2D eigenvalue weighted by Crippen LogP contribution is 2.33. The number of nitrogens with zero attached hydrogens (tertiary/aromatic N) is 1. The van der Waals surface area contributed by atoms with Crippen molar-refractivity contribution < 1.29 is 9.84 Å². The Morgan fingerprint density at radius 3 is 2.84 bits per heavy atom. The summed E-state index contributed by atoms with van der Waals surface area (Å²) in [5.41, 5.74) is 7.81. The first-order chi connectivity index (χ1) is 9.21. The minimum absolute atomic E-state index is 0.101. The number of aliphatic hydroxyl groups is 1. The van der Waals surface area contributed by atoms with Gasteiger partial charge in [0.2, 0.25) is 0 Å². The van der Waals surface area contributed by atoms with Crippen molar-refractivity contribution in [3.8, 4) is 5.75 Å². The molecule has 104 valence electrons. The third-order valence-electron chi connectivity index (χ3n) is 3.23. The zero-order valence-corrected chi connectivity index (χ0v) is 11.8. The number of ether oxygens (including phenoxy) is 1. The third-order valence-corrected chi connectivity index (χ3v) is 3.52. The quantitative estimate of drug-likeness (QED) is 0.854. The van der Waals surface area contributed by atoms with Crippen molar-refractivity contribution in [1.82, 2.24) is 4.57 Å². The summed E-state index contributed by atoms with van der Waals surface area (Å²) in [4.78, 5) is 0. The summed E-state index contributed by atoms with van der Waals surface area (Å²) in [6, 6.07) is 3.84. The van der Waals surface area contributed by atoms with Gasteiger partial charge in [0.25, 0.3) is 0 Å². The number of halogens is 1. The van der Waals surface area contributed by atoms with Crippen molar-refractivity contribution in [2.24, 2.45) is 5.73 Å². The molecule has 2 aromatic rings. The predicted octanol–water partition coefficient (Wildman–Crippen LogP) is 2.19. The average molecular weight is 283 g/mol. The van der Waals surface area contributed by atoms with E-state index in [0.717, 1.165) is 23.7 Å². The van der Waals surface area contributed by atoms with Crippen LogP contribution >= 0.6 is 11.6 Å². The predicted molar refractivity (Wildman–Crippen MR) is 78.0 cm³/mol.